The summed E-state index contributed by atoms with van der Waals surface area (Å²) in [7, 11) is 0. The highest BCUT2D eigenvalue weighted by atomic mass is 35.5. The number of benzene rings is 2. The van der Waals surface area contributed by atoms with E-state index in [1.807, 2.05) is 6.07 Å². The lowest BCUT2D eigenvalue weighted by Crippen LogP contribution is -2.24. The number of halogens is 1. The largest absolute Gasteiger partial charge is 0.352 e. The molecule has 4 rings (SSSR count). The fourth-order valence-electron chi connectivity index (χ4n) is 3.78. The summed E-state index contributed by atoms with van der Waals surface area (Å²) in [6.07, 6.45) is 3.07. The van der Waals surface area contributed by atoms with Crippen molar-refractivity contribution in [1.82, 2.24) is 10.6 Å². The maximum atomic E-state index is 12.1. The minimum absolute atomic E-state index is 0. The molecule has 0 radical (unpaired) electrons. The third kappa shape index (κ3) is 3.06. The molecule has 0 fully saturated rings. The number of aryl methyl sites for hydroxylation is 2. The maximum Gasteiger partial charge on any atom is 0.251 e. The van der Waals surface area contributed by atoms with Gasteiger partial charge in [0, 0.05) is 18.7 Å². The normalized spacial score (nSPS) is 16.3. The first-order chi connectivity index (χ1) is 11.2. The molecule has 4 heteroatoms. The van der Waals surface area contributed by atoms with Crippen LogP contribution in [0.25, 0.3) is 11.1 Å². The Balaban J connectivity index is 0.00000169. The van der Waals surface area contributed by atoms with Gasteiger partial charge in [0.1, 0.15) is 0 Å². The van der Waals surface area contributed by atoms with Crippen molar-refractivity contribution >= 4 is 18.3 Å². The van der Waals surface area contributed by atoms with Crippen LogP contribution in [0.1, 0.15) is 39.0 Å². The Hall–Kier alpha value is -1.84. The summed E-state index contributed by atoms with van der Waals surface area (Å²) < 4.78 is 0. The molecular weight excluding hydrogens is 320 g/mol. The molecule has 0 spiro atoms. The quantitative estimate of drug-likeness (QED) is 0.834. The summed E-state index contributed by atoms with van der Waals surface area (Å²) in [5, 5.41) is 6.46. The number of carbonyl (C=O) groups excluding carboxylic acids is 1. The number of rotatable bonds is 1. The van der Waals surface area contributed by atoms with E-state index >= 15 is 0 Å². The van der Waals surface area contributed by atoms with E-state index in [1.165, 1.54) is 33.4 Å². The second-order valence-corrected chi connectivity index (χ2v) is 6.61. The molecule has 2 aromatic carbocycles. The van der Waals surface area contributed by atoms with Crippen LogP contribution in [0.2, 0.25) is 0 Å². The van der Waals surface area contributed by atoms with Crippen molar-refractivity contribution < 1.29 is 4.79 Å². The number of hydrogen-bond acceptors (Lipinski definition) is 2. The summed E-state index contributed by atoms with van der Waals surface area (Å²) >= 11 is 0. The van der Waals surface area contributed by atoms with Gasteiger partial charge in [-0.2, -0.15) is 0 Å². The zero-order chi connectivity index (χ0) is 15.8. The van der Waals surface area contributed by atoms with Crippen LogP contribution in [-0.4, -0.2) is 19.0 Å². The topological polar surface area (TPSA) is 41.1 Å². The van der Waals surface area contributed by atoms with Gasteiger partial charge < -0.3 is 10.6 Å². The van der Waals surface area contributed by atoms with Crippen molar-refractivity contribution in [2.75, 3.05) is 13.1 Å². The van der Waals surface area contributed by atoms with Crippen molar-refractivity contribution in [1.29, 1.82) is 0 Å². The highest BCUT2D eigenvalue weighted by Gasteiger charge is 2.18. The molecule has 0 aromatic heterocycles. The number of nitrogens with one attached hydrogen (secondary N) is 2. The van der Waals surface area contributed by atoms with E-state index < -0.39 is 0 Å². The fraction of sp³-hybridized carbons (Fsp3) is 0.350. The van der Waals surface area contributed by atoms with E-state index in [4.69, 9.17) is 0 Å². The van der Waals surface area contributed by atoms with E-state index in [9.17, 15) is 4.79 Å². The second kappa shape index (κ2) is 6.96. The van der Waals surface area contributed by atoms with Gasteiger partial charge in [0.15, 0.2) is 0 Å². The van der Waals surface area contributed by atoms with Gasteiger partial charge in [-0.25, -0.2) is 0 Å². The van der Waals surface area contributed by atoms with Crippen molar-refractivity contribution in [2.45, 2.75) is 32.7 Å². The Morgan fingerprint density at radius 3 is 2.71 bits per heavy atom. The molecule has 126 valence electrons. The average Bonchev–Trinajstić information content (AvgIpc) is 2.75. The molecule has 24 heavy (non-hydrogen) atoms. The molecule has 2 aliphatic heterocycles. The number of carbonyl (C=O) groups is 1. The molecule has 2 heterocycles. The van der Waals surface area contributed by atoms with Crippen LogP contribution >= 0.6 is 12.4 Å². The zero-order valence-electron chi connectivity index (χ0n) is 13.9. The summed E-state index contributed by atoms with van der Waals surface area (Å²) in [6, 6.07) is 10.9. The standard InChI is InChI=1S/C20H22N2O.ClH/c1-13-9-16-6-8-21-12-19(16)18(10-13)15-4-5-17-14(11-15)3-2-7-22-20(17)23;/h4-5,9-11,21H,2-3,6-8,12H2,1H3,(H,22,23);1H. The zero-order valence-corrected chi connectivity index (χ0v) is 14.8. The number of amides is 1. The Labute approximate surface area is 149 Å². The molecule has 1 amide bonds. The summed E-state index contributed by atoms with van der Waals surface area (Å²) in [5.41, 5.74) is 8.77. The molecule has 0 saturated heterocycles. The third-order valence-corrected chi connectivity index (χ3v) is 4.93. The monoisotopic (exact) mass is 342 g/mol. The van der Waals surface area contributed by atoms with Gasteiger partial charge in [0.2, 0.25) is 0 Å². The summed E-state index contributed by atoms with van der Waals surface area (Å²) in [5.74, 6) is 0.0667. The van der Waals surface area contributed by atoms with Crippen LogP contribution in [0, 0.1) is 6.92 Å². The van der Waals surface area contributed by atoms with Crippen molar-refractivity contribution in [3.05, 3.63) is 58.1 Å². The molecule has 2 N–H and O–H groups in total. The highest BCUT2D eigenvalue weighted by molar-refractivity contribution is 5.96. The van der Waals surface area contributed by atoms with Gasteiger partial charge in [0.25, 0.3) is 5.91 Å². The smallest absolute Gasteiger partial charge is 0.251 e. The lowest BCUT2D eigenvalue weighted by atomic mass is 9.88. The number of hydrogen-bond donors (Lipinski definition) is 2. The third-order valence-electron chi connectivity index (χ3n) is 4.93. The first kappa shape index (κ1) is 17.0. The minimum Gasteiger partial charge on any atom is -0.352 e. The van der Waals surface area contributed by atoms with Crippen LogP contribution in [0.15, 0.2) is 30.3 Å². The molecule has 0 bridgehead atoms. The Kier molecular flexibility index (Phi) is 4.93. The van der Waals surface area contributed by atoms with Crippen molar-refractivity contribution in [2.24, 2.45) is 0 Å². The predicted octanol–water partition coefficient (Wildman–Crippen LogP) is 3.41. The van der Waals surface area contributed by atoms with Crippen LogP contribution < -0.4 is 10.6 Å². The molecule has 2 aromatic rings. The lowest BCUT2D eigenvalue weighted by Gasteiger charge is -2.22. The van der Waals surface area contributed by atoms with Crippen LogP contribution in [-0.2, 0) is 19.4 Å². The number of fused-ring (bicyclic) bond motifs is 2. The van der Waals surface area contributed by atoms with Gasteiger partial charge >= 0.3 is 0 Å². The Bertz CT molecular complexity index is 785. The van der Waals surface area contributed by atoms with Gasteiger partial charge in [-0.05, 0) is 66.6 Å². The van der Waals surface area contributed by atoms with Gasteiger partial charge in [-0.1, -0.05) is 29.8 Å². The lowest BCUT2D eigenvalue weighted by molar-refractivity contribution is 0.0956. The van der Waals surface area contributed by atoms with E-state index in [0.717, 1.165) is 44.5 Å². The summed E-state index contributed by atoms with van der Waals surface area (Å²) in [4.78, 5) is 12.1. The van der Waals surface area contributed by atoms with Gasteiger partial charge in [-0.3, -0.25) is 4.79 Å². The molecule has 0 aliphatic carbocycles. The highest BCUT2D eigenvalue weighted by Crippen LogP contribution is 2.31. The van der Waals surface area contributed by atoms with E-state index in [1.54, 1.807) is 0 Å². The Morgan fingerprint density at radius 1 is 0.958 bits per heavy atom. The molecular formula is C20H23ClN2O. The first-order valence-electron chi connectivity index (χ1n) is 8.47. The molecule has 0 unspecified atom stereocenters. The van der Waals surface area contributed by atoms with Crippen LogP contribution in [0.3, 0.4) is 0 Å². The van der Waals surface area contributed by atoms with Crippen LogP contribution in [0.5, 0.6) is 0 Å². The first-order valence-corrected chi connectivity index (χ1v) is 8.47. The SMILES string of the molecule is Cc1cc2c(c(-c3ccc4c(c3)CCCNC4=O)c1)CNCC2.Cl. The van der Waals surface area contributed by atoms with E-state index in [-0.39, 0.29) is 18.3 Å². The summed E-state index contributed by atoms with van der Waals surface area (Å²) in [6.45, 7) is 4.93. The van der Waals surface area contributed by atoms with E-state index in [0.29, 0.717) is 0 Å². The Morgan fingerprint density at radius 2 is 1.83 bits per heavy atom. The molecule has 3 nitrogen and oxygen atoms in total. The maximum absolute atomic E-state index is 12.1. The van der Waals surface area contributed by atoms with Crippen molar-refractivity contribution in [3.8, 4) is 11.1 Å². The van der Waals surface area contributed by atoms with Crippen LogP contribution in [0.4, 0.5) is 0 Å². The van der Waals surface area contributed by atoms with Crippen molar-refractivity contribution in [3.63, 3.8) is 0 Å². The van der Waals surface area contributed by atoms with E-state index in [2.05, 4.69) is 41.8 Å². The second-order valence-electron chi connectivity index (χ2n) is 6.61. The molecule has 2 aliphatic rings. The minimum atomic E-state index is 0. The fourth-order valence-corrected chi connectivity index (χ4v) is 3.78. The van der Waals surface area contributed by atoms with Gasteiger partial charge in [0.05, 0.1) is 0 Å². The molecule has 0 atom stereocenters. The predicted molar refractivity (Wildman–Crippen MR) is 99.9 cm³/mol. The average molecular weight is 343 g/mol. The molecule has 0 saturated carbocycles. The van der Waals surface area contributed by atoms with Gasteiger partial charge in [-0.15, -0.1) is 12.4 Å².